The Morgan fingerprint density at radius 2 is 1.83 bits per heavy atom. The molecule has 2 fully saturated rings. The van der Waals surface area contributed by atoms with Gasteiger partial charge in [-0.2, -0.15) is 0 Å². The van der Waals surface area contributed by atoms with Gasteiger partial charge in [-0.3, -0.25) is 4.79 Å². The third-order valence-electron chi connectivity index (χ3n) is 4.95. The predicted octanol–water partition coefficient (Wildman–Crippen LogP) is 3.62. The minimum Gasteiger partial charge on any atom is -0.481 e. The molecule has 1 saturated carbocycles. The number of hydrogen-bond donors (Lipinski definition) is 1. The standard InChI is InChI=1S/C15H26O3/c1-11-4-5-12(18-11)10-15(13(16)17)8-6-14(2,3)7-9-15/h11-12H,4-10H2,1-3H3,(H,16,17). The molecule has 0 spiro atoms. The highest BCUT2D eigenvalue weighted by molar-refractivity contribution is 5.74. The van der Waals surface area contributed by atoms with E-state index in [2.05, 4.69) is 20.8 Å². The molecule has 104 valence electrons. The Morgan fingerprint density at radius 1 is 1.22 bits per heavy atom. The van der Waals surface area contributed by atoms with E-state index in [-0.39, 0.29) is 6.10 Å². The molecular formula is C15H26O3. The van der Waals surface area contributed by atoms with Crippen LogP contribution in [0.25, 0.3) is 0 Å². The largest absolute Gasteiger partial charge is 0.481 e. The second-order valence-electron chi connectivity index (χ2n) is 7.10. The van der Waals surface area contributed by atoms with Crippen molar-refractivity contribution in [2.24, 2.45) is 10.8 Å². The zero-order chi connectivity index (χ0) is 13.4. The Labute approximate surface area is 110 Å². The lowest BCUT2D eigenvalue weighted by molar-refractivity contribution is -0.155. The molecule has 1 aliphatic heterocycles. The average Bonchev–Trinajstić information content (AvgIpc) is 2.67. The second kappa shape index (κ2) is 4.84. The van der Waals surface area contributed by atoms with E-state index in [1.807, 2.05) is 0 Å². The van der Waals surface area contributed by atoms with Crippen LogP contribution in [-0.2, 0) is 9.53 Å². The fourth-order valence-corrected chi connectivity index (χ4v) is 3.38. The van der Waals surface area contributed by atoms with Crippen LogP contribution in [0.4, 0.5) is 0 Å². The van der Waals surface area contributed by atoms with E-state index in [0.717, 1.165) is 38.5 Å². The highest BCUT2D eigenvalue weighted by Crippen LogP contribution is 2.48. The molecule has 0 bridgehead atoms. The molecule has 1 saturated heterocycles. The van der Waals surface area contributed by atoms with E-state index in [9.17, 15) is 9.90 Å². The van der Waals surface area contributed by atoms with Crippen molar-refractivity contribution in [1.82, 2.24) is 0 Å². The first-order chi connectivity index (χ1) is 8.33. The molecule has 0 amide bonds. The Morgan fingerprint density at radius 3 is 2.28 bits per heavy atom. The van der Waals surface area contributed by atoms with Crippen LogP contribution in [0.1, 0.15) is 65.7 Å². The monoisotopic (exact) mass is 254 g/mol. The smallest absolute Gasteiger partial charge is 0.309 e. The Bertz CT molecular complexity index is 312. The zero-order valence-electron chi connectivity index (χ0n) is 11.9. The van der Waals surface area contributed by atoms with Gasteiger partial charge in [0.15, 0.2) is 0 Å². The van der Waals surface area contributed by atoms with Crippen molar-refractivity contribution in [3.63, 3.8) is 0 Å². The Hall–Kier alpha value is -0.570. The van der Waals surface area contributed by atoms with Crippen molar-refractivity contribution in [2.45, 2.75) is 77.9 Å². The van der Waals surface area contributed by atoms with Crippen LogP contribution in [0.15, 0.2) is 0 Å². The third-order valence-corrected chi connectivity index (χ3v) is 4.95. The number of aliphatic carboxylic acids is 1. The minimum atomic E-state index is -0.610. The molecule has 2 aliphatic rings. The molecule has 2 atom stereocenters. The van der Waals surface area contributed by atoms with Gasteiger partial charge >= 0.3 is 5.97 Å². The molecule has 1 N–H and O–H groups in total. The molecule has 3 nitrogen and oxygen atoms in total. The summed E-state index contributed by atoms with van der Waals surface area (Å²) in [5, 5.41) is 9.63. The molecule has 0 aromatic rings. The quantitative estimate of drug-likeness (QED) is 0.836. The summed E-state index contributed by atoms with van der Waals surface area (Å²) in [6, 6.07) is 0. The van der Waals surface area contributed by atoms with Crippen molar-refractivity contribution in [2.75, 3.05) is 0 Å². The maximum Gasteiger partial charge on any atom is 0.309 e. The minimum absolute atomic E-state index is 0.164. The summed E-state index contributed by atoms with van der Waals surface area (Å²) in [6.07, 6.45) is 6.93. The molecule has 0 radical (unpaired) electrons. The number of ether oxygens (including phenoxy) is 1. The summed E-state index contributed by atoms with van der Waals surface area (Å²) in [4.78, 5) is 11.7. The predicted molar refractivity (Wildman–Crippen MR) is 70.5 cm³/mol. The SMILES string of the molecule is CC1CCC(CC2(C(=O)O)CCC(C)(C)CC2)O1. The van der Waals surface area contributed by atoms with Gasteiger partial charge in [0.1, 0.15) is 0 Å². The lowest BCUT2D eigenvalue weighted by Crippen LogP contribution is -2.40. The van der Waals surface area contributed by atoms with Crippen molar-refractivity contribution < 1.29 is 14.6 Å². The molecule has 1 aliphatic carbocycles. The van der Waals surface area contributed by atoms with Crippen LogP contribution in [0, 0.1) is 10.8 Å². The highest BCUT2D eigenvalue weighted by Gasteiger charge is 2.46. The average molecular weight is 254 g/mol. The number of rotatable bonds is 3. The van der Waals surface area contributed by atoms with E-state index in [1.165, 1.54) is 0 Å². The number of hydrogen-bond acceptors (Lipinski definition) is 2. The van der Waals surface area contributed by atoms with Gasteiger partial charge < -0.3 is 9.84 Å². The normalized spacial score (nSPS) is 34.4. The van der Waals surface area contributed by atoms with Crippen molar-refractivity contribution in [1.29, 1.82) is 0 Å². The summed E-state index contributed by atoms with van der Waals surface area (Å²) in [5.41, 5.74) is -0.215. The van der Waals surface area contributed by atoms with Gasteiger partial charge in [0, 0.05) is 0 Å². The van der Waals surface area contributed by atoms with E-state index in [0.29, 0.717) is 17.9 Å². The maximum atomic E-state index is 11.7. The first kappa shape index (κ1) is 13.9. The van der Waals surface area contributed by atoms with Crippen LogP contribution < -0.4 is 0 Å². The summed E-state index contributed by atoms with van der Waals surface area (Å²) in [6.45, 7) is 6.57. The molecule has 1 heterocycles. The third kappa shape index (κ3) is 2.87. The summed E-state index contributed by atoms with van der Waals surface area (Å²) in [7, 11) is 0. The lowest BCUT2D eigenvalue weighted by atomic mass is 9.63. The van der Waals surface area contributed by atoms with Crippen LogP contribution >= 0.6 is 0 Å². The molecule has 3 heteroatoms. The van der Waals surface area contributed by atoms with Crippen molar-refractivity contribution >= 4 is 5.97 Å². The van der Waals surface area contributed by atoms with Crippen LogP contribution in [-0.4, -0.2) is 23.3 Å². The van der Waals surface area contributed by atoms with Gasteiger partial charge in [-0.25, -0.2) is 0 Å². The van der Waals surface area contributed by atoms with Crippen LogP contribution in [0.3, 0.4) is 0 Å². The van der Waals surface area contributed by atoms with Gasteiger partial charge in [-0.05, 0) is 57.3 Å². The summed E-state index contributed by atoms with van der Waals surface area (Å²) in [5.74, 6) is -0.610. The fourth-order valence-electron chi connectivity index (χ4n) is 3.38. The van der Waals surface area contributed by atoms with Crippen LogP contribution in [0.5, 0.6) is 0 Å². The first-order valence-corrected chi connectivity index (χ1v) is 7.22. The van der Waals surface area contributed by atoms with E-state index in [1.54, 1.807) is 0 Å². The van der Waals surface area contributed by atoms with Gasteiger partial charge in [0.2, 0.25) is 0 Å². The molecule has 2 unspecified atom stereocenters. The molecule has 18 heavy (non-hydrogen) atoms. The highest BCUT2D eigenvalue weighted by atomic mass is 16.5. The van der Waals surface area contributed by atoms with Crippen molar-refractivity contribution in [3.05, 3.63) is 0 Å². The van der Waals surface area contributed by atoms with E-state index < -0.39 is 11.4 Å². The second-order valence-corrected chi connectivity index (χ2v) is 7.10. The molecule has 2 rings (SSSR count). The van der Waals surface area contributed by atoms with E-state index >= 15 is 0 Å². The zero-order valence-corrected chi connectivity index (χ0v) is 11.9. The van der Waals surface area contributed by atoms with Gasteiger partial charge in [-0.1, -0.05) is 13.8 Å². The number of carbonyl (C=O) groups is 1. The van der Waals surface area contributed by atoms with Gasteiger partial charge in [-0.15, -0.1) is 0 Å². The van der Waals surface area contributed by atoms with Gasteiger partial charge in [0.05, 0.1) is 17.6 Å². The molecule has 0 aromatic carbocycles. The molecule has 0 aromatic heterocycles. The summed E-state index contributed by atoms with van der Waals surface area (Å²) >= 11 is 0. The first-order valence-electron chi connectivity index (χ1n) is 7.22. The van der Waals surface area contributed by atoms with Gasteiger partial charge in [0.25, 0.3) is 0 Å². The maximum absolute atomic E-state index is 11.7. The van der Waals surface area contributed by atoms with Crippen molar-refractivity contribution in [3.8, 4) is 0 Å². The lowest BCUT2D eigenvalue weighted by Gasteiger charge is -2.41. The van der Waals surface area contributed by atoms with E-state index in [4.69, 9.17) is 4.74 Å². The Kier molecular flexibility index (Phi) is 3.72. The van der Waals surface area contributed by atoms with Crippen LogP contribution in [0.2, 0.25) is 0 Å². The number of carboxylic acids is 1. The number of carboxylic acid groups (broad SMARTS) is 1. The topological polar surface area (TPSA) is 46.5 Å². The fraction of sp³-hybridized carbons (Fsp3) is 0.933. The molecular weight excluding hydrogens is 228 g/mol. The summed E-state index contributed by atoms with van der Waals surface area (Å²) < 4.78 is 5.83. The Balaban J connectivity index is 2.02.